The Labute approximate surface area is 176 Å². The fourth-order valence-electron chi connectivity index (χ4n) is 3.66. The molecular formula is C24H27N3O3. The lowest BCUT2D eigenvalue weighted by atomic mass is 10.1. The van der Waals surface area contributed by atoms with Gasteiger partial charge in [-0.05, 0) is 48.2 Å². The molecule has 1 amide bonds. The Morgan fingerprint density at radius 2 is 1.93 bits per heavy atom. The number of carbonyl (C=O) groups is 1. The van der Waals surface area contributed by atoms with Gasteiger partial charge in [-0.3, -0.25) is 4.79 Å². The molecule has 1 aliphatic heterocycles. The molecule has 1 aliphatic rings. The standard InChI is InChI=1S/C24H27N3O3/c1-4-17-7-5-6-8-21(17)27-14-19(13-22(27)28)24-25-23(26-30-24)18-9-11-20(12-10-18)29-15-16(2)3/h5-12,16,19H,4,13-15H2,1-3H3. The van der Waals surface area contributed by atoms with Gasteiger partial charge in [0.1, 0.15) is 5.75 Å². The number of hydrogen-bond donors (Lipinski definition) is 0. The number of ether oxygens (including phenoxy) is 1. The van der Waals surface area contributed by atoms with Crippen LogP contribution in [0.15, 0.2) is 53.1 Å². The van der Waals surface area contributed by atoms with Crippen LogP contribution in [0.3, 0.4) is 0 Å². The average molecular weight is 405 g/mol. The number of benzene rings is 2. The van der Waals surface area contributed by atoms with E-state index in [9.17, 15) is 4.79 Å². The zero-order valence-electron chi connectivity index (χ0n) is 17.7. The van der Waals surface area contributed by atoms with Gasteiger partial charge in [-0.25, -0.2) is 0 Å². The van der Waals surface area contributed by atoms with Crippen LogP contribution in [-0.4, -0.2) is 29.2 Å². The van der Waals surface area contributed by atoms with Gasteiger partial charge in [0, 0.05) is 24.2 Å². The van der Waals surface area contributed by atoms with E-state index in [2.05, 4.69) is 37.0 Å². The van der Waals surface area contributed by atoms with Gasteiger partial charge in [0.15, 0.2) is 0 Å². The van der Waals surface area contributed by atoms with E-state index in [1.807, 2.05) is 47.4 Å². The molecule has 6 heteroatoms. The molecule has 156 valence electrons. The molecule has 30 heavy (non-hydrogen) atoms. The van der Waals surface area contributed by atoms with E-state index in [0.717, 1.165) is 29.0 Å². The lowest BCUT2D eigenvalue weighted by Crippen LogP contribution is -2.25. The Balaban J connectivity index is 1.47. The zero-order valence-corrected chi connectivity index (χ0v) is 17.7. The van der Waals surface area contributed by atoms with Crippen molar-refractivity contribution in [2.24, 2.45) is 5.92 Å². The molecule has 0 bridgehead atoms. The van der Waals surface area contributed by atoms with Crippen LogP contribution in [0.2, 0.25) is 0 Å². The second-order valence-corrected chi connectivity index (χ2v) is 8.07. The zero-order chi connectivity index (χ0) is 21.1. The Kier molecular flexibility index (Phi) is 5.84. The number of rotatable bonds is 7. The molecular weight excluding hydrogens is 378 g/mol. The summed E-state index contributed by atoms with van der Waals surface area (Å²) < 4.78 is 11.3. The van der Waals surface area contributed by atoms with E-state index in [4.69, 9.17) is 9.26 Å². The van der Waals surface area contributed by atoms with Crippen LogP contribution in [0, 0.1) is 5.92 Å². The molecule has 4 rings (SSSR count). The molecule has 1 unspecified atom stereocenters. The summed E-state index contributed by atoms with van der Waals surface area (Å²) in [5.74, 6) is 2.32. The number of nitrogens with zero attached hydrogens (tertiary/aromatic N) is 3. The molecule has 0 radical (unpaired) electrons. The Morgan fingerprint density at radius 1 is 1.17 bits per heavy atom. The second-order valence-electron chi connectivity index (χ2n) is 8.07. The highest BCUT2D eigenvalue weighted by Gasteiger charge is 2.35. The smallest absolute Gasteiger partial charge is 0.232 e. The van der Waals surface area contributed by atoms with Crippen LogP contribution in [0.25, 0.3) is 11.4 Å². The largest absolute Gasteiger partial charge is 0.493 e. The maximum absolute atomic E-state index is 12.7. The molecule has 2 heterocycles. The third kappa shape index (κ3) is 4.22. The number of para-hydroxylation sites is 1. The fraction of sp³-hybridized carbons (Fsp3) is 0.375. The number of aryl methyl sites for hydroxylation is 1. The quantitative estimate of drug-likeness (QED) is 0.562. The predicted octanol–water partition coefficient (Wildman–Crippen LogP) is 4.85. The Hall–Kier alpha value is -3.15. The van der Waals surface area contributed by atoms with Gasteiger partial charge in [-0.15, -0.1) is 0 Å². The molecule has 3 aromatic rings. The van der Waals surface area contributed by atoms with Crippen molar-refractivity contribution < 1.29 is 14.1 Å². The van der Waals surface area contributed by atoms with Crippen LogP contribution in [0.4, 0.5) is 5.69 Å². The third-order valence-corrected chi connectivity index (χ3v) is 5.28. The minimum absolute atomic E-state index is 0.0901. The summed E-state index contributed by atoms with van der Waals surface area (Å²) in [5.41, 5.74) is 3.00. The minimum atomic E-state index is -0.0997. The number of aromatic nitrogens is 2. The SMILES string of the molecule is CCc1ccccc1N1CC(c2nc(-c3ccc(OCC(C)C)cc3)no2)CC1=O. The summed E-state index contributed by atoms with van der Waals surface area (Å²) in [5, 5.41) is 4.13. The van der Waals surface area contributed by atoms with Gasteiger partial charge in [0.25, 0.3) is 0 Å². The van der Waals surface area contributed by atoms with Gasteiger partial charge in [0.05, 0.1) is 12.5 Å². The first-order valence-corrected chi connectivity index (χ1v) is 10.5. The van der Waals surface area contributed by atoms with Crippen LogP contribution >= 0.6 is 0 Å². The van der Waals surface area contributed by atoms with Gasteiger partial charge in [-0.1, -0.05) is 44.1 Å². The summed E-state index contributed by atoms with van der Waals surface area (Å²) in [6, 6.07) is 15.7. The van der Waals surface area contributed by atoms with E-state index >= 15 is 0 Å². The van der Waals surface area contributed by atoms with Crippen molar-refractivity contribution in [3.63, 3.8) is 0 Å². The van der Waals surface area contributed by atoms with Crippen LogP contribution < -0.4 is 9.64 Å². The predicted molar refractivity (Wildman–Crippen MR) is 116 cm³/mol. The number of carbonyl (C=O) groups excluding carboxylic acids is 1. The Bertz CT molecular complexity index is 1010. The van der Waals surface area contributed by atoms with Crippen LogP contribution in [0.1, 0.15) is 44.6 Å². The monoisotopic (exact) mass is 405 g/mol. The first kappa shape index (κ1) is 20.1. The summed E-state index contributed by atoms with van der Waals surface area (Å²) in [6.07, 6.45) is 1.26. The molecule has 6 nitrogen and oxygen atoms in total. The first-order chi connectivity index (χ1) is 14.5. The summed E-state index contributed by atoms with van der Waals surface area (Å²) >= 11 is 0. The first-order valence-electron chi connectivity index (χ1n) is 10.5. The van der Waals surface area contributed by atoms with E-state index in [-0.39, 0.29) is 11.8 Å². The van der Waals surface area contributed by atoms with Crippen LogP contribution in [0.5, 0.6) is 5.75 Å². The van der Waals surface area contributed by atoms with Gasteiger partial charge >= 0.3 is 0 Å². The number of anilines is 1. The maximum atomic E-state index is 12.7. The maximum Gasteiger partial charge on any atom is 0.232 e. The molecule has 1 saturated heterocycles. The molecule has 0 N–H and O–H groups in total. The lowest BCUT2D eigenvalue weighted by Gasteiger charge is -2.19. The topological polar surface area (TPSA) is 68.5 Å². The summed E-state index contributed by atoms with van der Waals surface area (Å²) in [6.45, 7) is 7.56. The van der Waals surface area contributed by atoms with Gasteiger partial charge in [0.2, 0.25) is 17.6 Å². The highest BCUT2D eigenvalue weighted by Crippen LogP contribution is 2.33. The van der Waals surface area contributed by atoms with E-state index < -0.39 is 0 Å². The van der Waals surface area contributed by atoms with Crippen molar-refractivity contribution in [1.82, 2.24) is 10.1 Å². The minimum Gasteiger partial charge on any atom is -0.493 e. The molecule has 0 aliphatic carbocycles. The molecule has 2 aromatic carbocycles. The average Bonchev–Trinajstić information content (AvgIpc) is 3.39. The van der Waals surface area contributed by atoms with Crippen molar-refractivity contribution in [2.45, 2.75) is 39.5 Å². The highest BCUT2D eigenvalue weighted by atomic mass is 16.5. The third-order valence-electron chi connectivity index (χ3n) is 5.28. The summed E-state index contributed by atoms with van der Waals surface area (Å²) in [4.78, 5) is 19.1. The summed E-state index contributed by atoms with van der Waals surface area (Å²) in [7, 11) is 0. The van der Waals surface area contributed by atoms with Crippen molar-refractivity contribution in [2.75, 3.05) is 18.1 Å². The van der Waals surface area contributed by atoms with Gasteiger partial charge < -0.3 is 14.2 Å². The number of hydrogen-bond acceptors (Lipinski definition) is 5. The van der Waals surface area contributed by atoms with E-state index in [1.165, 1.54) is 0 Å². The number of amides is 1. The van der Waals surface area contributed by atoms with Gasteiger partial charge in [-0.2, -0.15) is 4.98 Å². The van der Waals surface area contributed by atoms with Crippen LogP contribution in [-0.2, 0) is 11.2 Å². The highest BCUT2D eigenvalue weighted by molar-refractivity contribution is 5.97. The molecule has 1 aromatic heterocycles. The molecule has 0 saturated carbocycles. The van der Waals surface area contributed by atoms with Crippen molar-refractivity contribution >= 4 is 11.6 Å². The second kappa shape index (κ2) is 8.69. The molecule has 1 fully saturated rings. The van der Waals surface area contributed by atoms with Crippen molar-refractivity contribution in [1.29, 1.82) is 0 Å². The van der Waals surface area contributed by atoms with E-state index in [1.54, 1.807) is 0 Å². The molecule has 0 spiro atoms. The normalized spacial score (nSPS) is 16.5. The van der Waals surface area contributed by atoms with Crippen molar-refractivity contribution in [3.05, 3.63) is 60.0 Å². The van der Waals surface area contributed by atoms with E-state index in [0.29, 0.717) is 37.2 Å². The molecule has 1 atom stereocenters. The van der Waals surface area contributed by atoms with Crippen molar-refractivity contribution in [3.8, 4) is 17.1 Å². The Morgan fingerprint density at radius 3 is 2.67 bits per heavy atom. The lowest BCUT2D eigenvalue weighted by molar-refractivity contribution is -0.117. The fourth-order valence-corrected chi connectivity index (χ4v) is 3.66.